The Morgan fingerprint density at radius 2 is 2.31 bits per heavy atom. The Hall–Kier alpha value is -0.490. The highest BCUT2D eigenvalue weighted by Crippen LogP contribution is 2.23. The quantitative estimate of drug-likeness (QED) is 0.786. The molecular formula is C11H15BrFNO2. The van der Waals surface area contributed by atoms with Crippen molar-refractivity contribution in [3.8, 4) is 0 Å². The van der Waals surface area contributed by atoms with Crippen LogP contribution in [0.25, 0.3) is 0 Å². The van der Waals surface area contributed by atoms with E-state index in [2.05, 4.69) is 21.2 Å². The van der Waals surface area contributed by atoms with Gasteiger partial charge in [-0.25, -0.2) is 4.39 Å². The molecule has 0 aromatic heterocycles. The summed E-state index contributed by atoms with van der Waals surface area (Å²) in [5.74, 6) is -0.353. The van der Waals surface area contributed by atoms with Crippen LogP contribution in [-0.2, 0) is 4.74 Å². The van der Waals surface area contributed by atoms with Crippen molar-refractivity contribution in [1.29, 1.82) is 0 Å². The summed E-state index contributed by atoms with van der Waals surface area (Å²) < 4.78 is 18.5. The summed E-state index contributed by atoms with van der Waals surface area (Å²) in [4.78, 5) is 0. The molecule has 1 rings (SSSR count). The SMILES string of the molecule is COCCNCC(O)c1cc(F)ccc1Br. The van der Waals surface area contributed by atoms with Crippen LogP contribution in [0.3, 0.4) is 0 Å². The van der Waals surface area contributed by atoms with Crippen molar-refractivity contribution in [3.05, 3.63) is 34.1 Å². The predicted octanol–water partition coefficient (Wildman–Crippen LogP) is 1.86. The highest BCUT2D eigenvalue weighted by atomic mass is 79.9. The highest BCUT2D eigenvalue weighted by molar-refractivity contribution is 9.10. The maximum absolute atomic E-state index is 13.0. The van der Waals surface area contributed by atoms with E-state index in [9.17, 15) is 9.50 Å². The Bertz CT molecular complexity index is 336. The number of benzene rings is 1. The van der Waals surface area contributed by atoms with Crippen LogP contribution in [0.5, 0.6) is 0 Å². The van der Waals surface area contributed by atoms with Gasteiger partial charge in [0, 0.05) is 24.7 Å². The van der Waals surface area contributed by atoms with E-state index in [1.807, 2.05) is 0 Å². The molecule has 1 aromatic carbocycles. The molecule has 0 aliphatic rings. The van der Waals surface area contributed by atoms with Gasteiger partial charge >= 0.3 is 0 Å². The van der Waals surface area contributed by atoms with E-state index < -0.39 is 6.10 Å². The van der Waals surface area contributed by atoms with Gasteiger partial charge in [-0.1, -0.05) is 15.9 Å². The van der Waals surface area contributed by atoms with Crippen LogP contribution >= 0.6 is 15.9 Å². The summed E-state index contributed by atoms with van der Waals surface area (Å²) in [6.45, 7) is 1.60. The fraction of sp³-hybridized carbons (Fsp3) is 0.455. The molecule has 16 heavy (non-hydrogen) atoms. The van der Waals surface area contributed by atoms with Gasteiger partial charge in [-0.2, -0.15) is 0 Å². The van der Waals surface area contributed by atoms with Gasteiger partial charge in [0.1, 0.15) is 5.82 Å². The summed E-state index contributed by atoms with van der Waals surface area (Å²) >= 11 is 3.27. The van der Waals surface area contributed by atoms with E-state index in [4.69, 9.17) is 4.74 Å². The molecule has 0 spiro atoms. The Labute approximate surface area is 103 Å². The predicted molar refractivity (Wildman–Crippen MR) is 63.8 cm³/mol. The second kappa shape index (κ2) is 6.96. The number of rotatable bonds is 6. The maximum Gasteiger partial charge on any atom is 0.123 e. The number of nitrogens with one attached hydrogen (secondary N) is 1. The minimum absolute atomic E-state index is 0.353. The van der Waals surface area contributed by atoms with Gasteiger partial charge in [-0.05, 0) is 23.8 Å². The van der Waals surface area contributed by atoms with Crippen molar-refractivity contribution in [1.82, 2.24) is 5.32 Å². The van der Waals surface area contributed by atoms with Gasteiger partial charge < -0.3 is 15.2 Å². The number of halogens is 2. The molecule has 2 N–H and O–H groups in total. The van der Waals surface area contributed by atoms with Gasteiger partial charge in [-0.15, -0.1) is 0 Å². The van der Waals surface area contributed by atoms with E-state index in [1.165, 1.54) is 12.1 Å². The fourth-order valence-electron chi connectivity index (χ4n) is 1.29. The molecule has 0 heterocycles. The minimum Gasteiger partial charge on any atom is -0.387 e. The monoisotopic (exact) mass is 291 g/mol. The molecule has 0 fully saturated rings. The fourth-order valence-corrected chi connectivity index (χ4v) is 1.80. The van der Waals surface area contributed by atoms with Gasteiger partial charge in [-0.3, -0.25) is 0 Å². The molecule has 0 aliphatic carbocycles. The zero-order chi connectivity index (χ0) is 12.0. The molecule has 1 unspecified atom stereocenters. The average Bonchev–Trinajstić information content (AvgIpc) is 2.27. The van der Waals surface area contributed by atoms with Gasteiger partial charge in [0.05, 0.1) is 12.7 Å². The zero-order valence-electron chi connectivity index (χ0n) is 9.04. The summed E-state index contributed by atoms with van der Waals surface area (Å²) in [6.07, 6.45) is -0.734. The molecule has 0 amide bonds. The van der Waals surface area contributed by atoms with E-state index in [1.54, 1.807) is 13.2 Å². The molecular weight excluding hydrogens is 277 g/mol. The van der Waals surface area contributed by atoms with E-state index >= 15 is 0 Å². The largest absolute Gasteiger partial charge is 0.387 e. The minimum atomic E-state index is -0.734. The van der Waals surface area contributed by atoms with Crippen molar-refractivity contribution in [2.75, 3.05) is 26.8 Å². The number of methoxy groups -OCH3 is 1. The highest BCUT2D eigenvalue weighted by Gasteiger charge is 2.11. The number of hydrogen-bond acceptors (Lipinski definition) is 3. The maximum atomic E-state index is 13.0. The van der Waals surface area contributed by atoms with Crippen molar-refractivity contribution >= 4 is 15.9 Å². The summed E-state index contributed by atoms with van der Waals surface area (Å²) in [5, 5.41) is 12.8. The topological polar surface area (TPSA) is 41.5 Å². The average molecular weight is 292 g/mol. The third-order valence-corrected chi connectivity index (χ3v) is 2.86. The lowest BCUT2D eigenvalue weighted by Gasteiger charge is -2.13. The van der Waals surface area contributed by atoms with Crippen LogP contribution in [0.15, 0.2) is 22.7 Å². The normalized spacial score (nSPS) is 12.8. The number of ether oxygens (including phenoxy) is 1. The Morgan fingerprint density at radius 3 is 3.00 bits per heavy atom. The molecule has 90 valence electrons. The Balaban J connectivity index is 2.51. The third kappa shape index (κ3) is 4.17. The molecule has 0 aliphatic heterocycles. The number of aliphatic hydroxyl groups excluding tert-OH is 1. The lowest BCUT2D eigenvalue weighted by Crippen LogP contribution is -2.25. The smallest absolute Gasteiger partial charge is 0.123 e. The number of aliphatic hydroxyl groups is 1. The molecule has 0 bridgehead atoms. The van der Waals surface area contributed by atoms with Crippen LogP contribution in [0, 0.1) is 5.82 Å². The van der Waals surface area contributed by atoms with E-state index in [0.29, 0.717) is 29.7 Å². The lowest BCUT2D eigenvalue weighted by atomic mass is 10.1. The van der Waals surface area contributed by atoms with Crippen LogP contribution in [0.1, 0.15) is 11.7 Å². The van der Waals surface area contributed by atoms with Crippen LogP contribution < -0.4 is 5.32 Å². The number of hydrogen-bond donors (Lipinski definition) is 2. The first-order valence-electron chi connectivity index (χ1n) is 4.98. The molecule has 1 aromatic rings. The van der Waals surface area contributed by atoms with Gasteiger partial charge in [0.15, 0.2) is 0 Å². The van der Waals surface area contributed by atoms with Crippen LogP contribution in [0.2, 0.25) is 0 Å². The molecule has 0 radical (unpaired) electrons. The third-order valence-electron chi connectivity index (χ3n) is 2.14. The van der Waals surface area contributed by atoms with Crippen molar-refractivity contribution in [2.24, 2.45) is 0 Å². The Morgan fingerprint density at radius 1 is 1.56 bits per heavy atom. The van der Waals surface area contributed by atoms with Crippen molar-refractivity contribution in [3.63, 3.8) is 0 Å². The first-order valence-corrected chi connectivity index (χ1v) is 5.77. The standard InChI is InChI=1S/C11H15BrFNO2/c1-16-5-4-14-7-11(15)9-6-8(13)2-3-10(9)12/h2-3,6,11,14-15H,4-5,7H2,1H3. The van der Waals surface area contributed by atoms with Gasteiger partial charge in [0.2, 0.25) is 0 Å². The van der Waals surface area contributed by atoms with Crippen molar-refractivity contribution in [2.45, 2.75) is 6.10 Å². The molecule has 0 saturated heterocycles. The summed E-state index contributed by atoms with van der Waals surface area (Å²) in [6, 6.07) is 4.26. The molecule has 1 atom stereocenters. The summed E-state index contributed by atoms with van der Waals surface area (Å²) in [5.41, 5.74) is 0.546. The van der Waals surface area contributed by atoms with Crippen LogP contribution in [-0.4, -0.2) is 31.9 Å². The summed E-state index contributed by atoms with van der Waals surface area (Å²) in [7, 11) is 1.61. The first kappa shape index (κ1) is 13.6. The van der Waals surface area contributed by atoms with E-state index in [0.717, 1.165) is 0 Å². The lowest BCUT2D eigenvalue weighted by molar-refractivity contribution is 0.161. The zero-order valence-corrected chi connectivity index (χ0v) is 10.6. The molecule has 0 saturated carbocycles. The Kier molecular flexibility index (Phi) is 5.90. The van der Waals surface area contributed by atoms with Crippen LogP contribution in [0.4, 0.5) is 4.39 Å². The first-order chi connectivity index (χ1) is 7.65. The second-order valence-corrected chi connectivity index (χ2v) is 4.23. The van der Waals surface area contributed by atoms with Gasteiger partial charge in [0.25, 0.3) is 0 Å². The molecule has 3 nitrogen and oxygen atoms in total. The second-order valence-electron chi connectivity index (χ2n) is 3.38. The van der Waals surface area contributed by atoms with Crippen molar-refractivity contribution < 1.29 is 14.2 Å². The molecule has 5 heteroatoms. The van der Waals surface area contributed by atoms with E-state index in [-0.39, 0.29) is 5.82 Å².